The number of hydrogen-bond acceptors (Lipinski definition) is 3. The van der Waals surface area contributed by atoms with Gasteiger partial charge in [0.2, 0.25) is 17.7 Å². The fourth-order valence-corrected chi connectivity index (χ4v) is 2.58. The fraction of sp³-hybridized carbons (Fsp3) is 0.357. The maximum atomic E-state index is 12.3. The smallest absolute Gasteiger partial charge is 0.249 e. The van der Waals surface area contributed by atoms with Crippen LogP contribution in [-0.2, 0) is 20.8 Å². The summed E-state index contributed by atoms with van der Waals surface area (Å²) >= 11 is 11.7. The van der Waals surface area contributed by atoms with Gasteiger partial charge < -0.3 is 4.90 Å². The molecular formula is C14H14Cl2N2O3. The van der Waals surface area contributed by atoms with E-state index >= 15 is 0 Å². The van der Waals surface area contributed by atoms with Gasteiger partial charge in [-0.2, -0.15) is 0 Å². The average molecular weight is 329 g/mol. The molecule has 1 aromatic rings. The van der Waals surface area contributed by atoms with Crippen LogP contribution in [0.25, 0.3) is 0 Å². The van der Waals surface area contributed by atoms with Gasteiger partial charge >= 0.3 is 0 Å². The Morgan fingerprint density at radius 3 is 2.67 bits per heavy atom. The lowest BCUT2D eigenvalue weighted by Crippen LogP contribution is -2.59. The molecule has 1 aliphatic heterocycles. The number of carbonyl (C=O) groups is 3. The van der Waals surface area contributed by atoms with Crippen LogP contribution in [0, 0.1) is 0 Å². The lowest BCUT2D eigenvalue weighted by Gasteiger charge is -2.33. The first kappa shape index (κ1) is 15.8. The van der Waals surface area contributed by atoms with E-state index in [9.17, 15) is 14.4 Å². The Hall–Kier alpha value is -1.59. The van der Waals surface area contributed by atoms with Crippen LogP contribution in [0.1, 0.15) is 18.9 Å². The molecule has 0 aliphatic carbocycles. The summed E-state index contributed by atoms with van der Waals surface area (Å²) in [5, 5.41) is 3.01. The minimum atomic E-state index is -0.613. The summed E-state index contributed by atoms with van der Waals surface area (Å²) in [5.74, 6) is -1.19. The molecule has 0 spiro atoms. The Bertz CT molecular complexity index is 604. The highest BCUT2D eigenvalue weighted by molar-refractivity contribution is 6.42. The van der Waals surface area contributed by atoms with Crippen LogP contribution >= 0.6 is 23.2 Å². The number of hydrogen-bond donors (Lipinski definition) is 1. The van der Waals surface area contributed by atoms with E-state index in [0.717, 1.165) is 0 Å². The molecule has 1 atom stereocenters. The summed E-state index contributed by atoms with van der Waals surface area (Å²) in [6.07, 6.45) is 0.514. The van der Waals surface area contributed by atoms with E-state index in [1.54, 1.807) is 25.1 Å². The van der Waals surface area contributed by atoms with Gasteiger partial charge in [-0.1, -0.05) is 36.2 Å². The predicted molar refractivity (Wildman–Crippen MR) is 79.1 cm³/mol. The monoisotopic (exact) mass is 328 g/mol. The molecule has 21 heavy (non-hydrogen) atoms. The molecule has 1 N–H and O–H groups in total. The van der Waals surface area contributed by atoms with Gasteiger partial charge in [-0.05, 0) is 24.1 Å². The highest BCUT2D eigenvalue weighted by Crippen LogP contribution is 2.23. The minimum Gasteiger partial charge on any atom is -0.321 e. The summed E-state index contributed by atoms with van der Waals surface area (Å²) in [4.78, 5) is 36.8. The van der Waals surface area contributed by atoms with Crippen LogP contribution in [0.4, 0.5) is 0 Å². The second-order valence-electron chi connectivity index (χ2n) is 4.78. The van der Waals surface area contributed by atoms with Gasteiger partial charge in [0, 0.05) is 0 Å². The molecular weight excluding hydrogens is 315 g/mol. The Balaban J connectivity index is 2.15. The number of amides is 3. The second kappa shape index (κ2) is 6.45. The standard InChI is InChI=1S/C14H14Cl2N2O3/c1-2-11-14(21)17-12(19)7-18(11)13(20)6-8-3-4-9(15)10(16)5-8/h3-5,11H,2,6-7H2,1H3,(H,17,19,21). The lowest BCUT2D eigenvalue weighted by molar-refractivity contribution is -0.149. The molecule has 7 heteroatoms. The number of carbonyl (C=O) groups excluding carboxylic acids is 3. The molecule has 1 fully saturated rings. The zero-order valence-corrected chi connectivity index (χ0v) is 12.9. The largest absolute Gasteiger partial charge is 0.321 e. The van der Waals surface area contributed by atoms with Gasteiger partial charge in [-0.3, -0.25) is 19.7 Å². The number of nitrogens with one attached hydrogen (secondary N) is 1. The van der Waals surface area contributed by atoms with Crippen LogP contribution in [-0.4, -0.2) is 35.2 Å². The summed E-state index contributed by atoms with van der Waals surface area (Å²) in [6, 6.07) is 4.30. The number of imide groups is 1. The first-order chi connectivity index (χ1) is 9.92. The molecule has 1 aliphatic rings. The first-order valence-corrected chi connectivity index (χ1v) is 7.25. The third kappa shape index (κ3) is 3.54. The number of rotatable bonds is 3. The summed E-state index contributed by atoms with van der Waals surface area (Å²) in [7, 11) is 0. The van der Waals surface area contributed by atoms with Gasteiger partial charge in [0.15, 0.2) is 0 Å². The van der Waals surface area contributed by atoms with Gasteiger partial charge in [0.1, 0.15) is 12.6 Å². The van der Waals surface area contributed by atoms with Crippen molar-refractivity contribution < 1.29 is 14.4 Å². The van der Waals surface area contributed by atoms with E-state index in [0.29, 0.717) is 22.0 Å². The van der Waals surface area contributed by atoms with Crippen molar-refractivity contribution in [1.29, 1.82) is 0 Å². The quantitative estimate of drug-likeness (QED) is 0.860. The normalized spacial score (nSPS) is 18.6. The molecule has 1 saturated heterocycles. The highest BCUT2D eigenvalue weighted by atomic mass is 35.5. The summed E-state index contributed by atoms with van der Waals surface area (Å²) in [5.41, 5.74) is 0.683. The minimum absolute atomic E-state index is 0.0634. The van der Waals surface area contributed by atoms with Crippen molar-refractivity contribution in [2.45, 2.75) is 25.8 Å². The van der Waals surface area contributed by atoms with Crippen molar-refractivity contribution in [3.05, 3.63) is 33.8 Å². The van der Waals surface area contributed by atoms with Crippen molar-refractivity contribution in [3.63, 3.8) is 0 Å². The lowest BCUT2D eigenvalue weighted by atomic mass is 10.1. The Morgan fingerprint density at radius 1 is 1.33 bits per heavy atom. The summed E-state index contributed by atoms with van der Waals surface area (Å²) in [6.45, 7) is 1.68. The molecule has 2 rings (SSSR count). The molecule has 1 aromatic carbocycles. The Labute approximate surface area is 132 Å². The van der Waals surface area contributed by atoms with Gasteiger partial charge in [-0.25, -0.2) is 0 Å². The second-order valence-corrected chi connectivity index (χ2v) is 5.60. The molecule has 0 radical (unpaired) electrons. The van der Waals surface area contributed by atoms with Crippen molar-refractivity contribution in [2.24, 2.45) is 0 Å². The van der Waals surface area contributed by atoms with E-state index in [1.165, 1.54) is 4.90 Å². The van der Waals surface area contributed by atoms with Crippen molar-refractivity contribution in [1.82, 2.24) is 10.2 Å². The number of benzene rings is 1. The maximum Gasteiger partial charge on any atom is 0.249 e. The van der Waals surface area contributed by atoms with Crippen molar-refractivity contribution >= 4 is 40.9 Å². The highest BCUT2D eigenvalue weighted by Gasteiger charge is 2.35. The number of nitrogens with zero attached hydrogens (tertiary/aromatic N) is 1. The van der Waals surface area contributed by atoms with E-state index in [1.807, 2.05) is 0 Å². The third-order valence-electron chi connectivity index (χ3n) is 3.30. The van der Waals surface area contributed by atoms with Crippen molar-refractivity contribution in [2.75, 3.05) is 6.54 Å². The van der Waals surface area contributed by atoms with E-state index in [-0.39, 0.29) is 18.9 Å². The van der Waals surface area contributed by atoms with E-state index in [2.05, 4.69) is 5.32 Å². The first-order valence-electron chi connectivity index (χ1n) is 6.49. The number of halogens is 2. The fourth-order valence-electron chi connectivity index (χ4n) is 2.26. The molecule has 3 amide bonds. The maximum absolute atomic E-state index is 12.3. The molecule has 1 unspecified atom stereocenters. The van der Waals surface area contributed by atoms with Crippen molar-refractivity contribution in [3.8, 4) is 0 Å². The van der Waals surface area contributed by atoms with E-state index < -0.39 is 17.9 Å². The van der Waals surface area contributed by atoms with Crippen LogP contribution in [0.15, 0.2) is 18.2 Å². The van der Waals surface area contributed by atoms with Crippen LogP contribution in [0.2, 0.25) is 10.0 Å². The van der Waals surface area contributed by atoms with E-state index in [4.69, 9.17) is 23.2 Å². The molecule has 5 nitrogen and oxygen atoms in total. The SMILES string of the molecule is CCC1C(=O)NC(=O)CN1C(=O)Cc1ccc(Cl)c(Cl)c1. The summed E-state index contributed by atoms with van der Waals surface area (Å²) < 4.78 is 0. The molecule has 112 valence electrons. The van der Waals surface area contributed by atoms with Gasteiger partial charge in [0.05, 0.1) is 16.5 Å². The predicted octanol–water partition coefficient (Wildman–Crippen LogP) is 1.80. The number of piperazine rings is 1. The molecule has 0 saturated carbocycles. The molecule has 0 bridgehead atoms. The topological polar surface area (TPSA) is 66.5 Å². The van der Waals surface area contributed by atoms with Crippen LogP contribution < -0.4 is 5.32 Å². The van der Waals surface area contributed by atoms with Crippen LogP contribution in [0.5, 0.6) is 0 Å². The van der Waals surface area contributed by atoms with Gasteiger partial charge in [0.25, 0.3) is 0 Å². The Morgan fingerprint density at radius 2 is 2.05 bits per heavy atom. The third-order valence-corrected chi connectivity index (χ3v) is 4.04. The Kier molecular flexibility index (Phi) is 4.85. The average Bonchev–Trinajstić information content (AvgIpc) is 2.42. The zero-order chi connectivity index (χ0) is 15.6. The molecule has 0 aromatic heterocycles. The zero-order valence-electron chi connectivity index (χ0n) is 11.4. The van der Waals surface area contributed by atoms with Crippen LogP contribution in [0.3, 0.4) is 0 Å². The van der Waals surface area contributed by atoms with Gasteiger partial charge in [-0.15, -0.1) is 0 Å². The molecule has 1 heterocycles.